The number of amides is 3. The van der Waals surface area contributed by atoms with Gasteiger partial charge in [0.25, 0.3) is 0 Å². The lowest BCUT2D eigenvalue weighted by Gasteiger charge is -2.09. The fourth-order valence-electron chi connectivity index (χ4n) is 2.39. The molecule has 2 aromatic rings. The van der Waals surface area contributed by atoms with Crippen LogP contribution in [-0.4, -0.2) is 32.7 Å². The van der Waals surface area contributed by atoms with Crippen LogP contribution in [0.5, 0.6) is 0 Å². The van der Waals surface area contributed by atoms with Crippen LogP contribution in [-0.2, 0) is 20.4 Å². The quantitative estimate of drug-likeness (QED) is 0.657. The van der Waals surface area contributed by atoms with E-state index in [9.17, 15) is 18.0 Å². The van der Waals surface area contributed by atoms with Gasteiger partial charge in [-0.05, 0) is 42.8 Å². The normalized spacial score (nSPS) is 10.6. The monoisotopic (exact) mass is 400 g/mol. The number of carbonyl (C=O) groups excluding carboxylic acids is 2. The van der Waals surface area contributed by atoms with E-state index in [4.69, 9.17) is 5.26 Å². The van der Waals surface area contributed by atoms with Gasteiger partial charge < -0.3 is 16.0 Å². The van der Waals surface area contributed by atoms with Crippen molar-refractivity contribution in [2.45, 2.75) is 12.7 Å². The van der Waals surface area contributed by atoms with Crippen molar-refractivity contribution in [1.29, 1.82) is 5.26 Å². The fraction of sp³-hybridized carbons (Fsp3) is 0.211. The lowest BCUT2D eigenvalue weighted by molar-refractivity contribution is -0.113. The molecule has 0 heterocycles. The number of nitriles is 1. The van der Waals surface area contributed by atoms with Crippen LogP contribution in [0.15, 0.2) is 48.5 Å². The molecule has 0 aliphatic carbocycles. The lowest BCUT2D eigenvalue weighted by Crippen LogP contribution is -2.28. The highest BCUT2D eigenvalue weighted by Crippen LogP contribution is 2.15. The summed E-state index contributed by atoms with van der Waals surface area (Å²) in [5.41, 5.74) is 1.76. The maximum absolute atomic E-state index is 12.2. The third kappa shape index (κ3) is 6.74. The Hall–Kier alpha value is -3.38. The molecule has 0 bridgehead atoms. The third-order valence-corrected chi connectivity index (χ3v) is 5.04. The molecule has 0 saturated carbocycles. The Morgan fingerprint density at radius 1 is 1.04 bits per heavy atom. The number of hydrogen-bond acceptors (Lipinski definition) is 5. The molecule has 2 rings (SSSR count). The van der Waals surface area contributed by atoms with Gasteiger partial charge in [-0.1, -0.05) is 18.2 Å². The number of urea groups is 1. The molecule has 3 amide bonds. The van der Waals surface area contributed by atoms with E-state index in [-0.39, 0.29) is 11.8 Å². The first kappa shape index (κ1) is 20.9. The number of rotatable bonds is 7. The van der Waals surface area contributed by atoms with E-state index in [2.05, 4.69) is 16.0 Å². The molecule has 2 aromatic carbocycles. The fourth-order valence-corrected chi connectivity index (χ4v) is 3.66. The molecule has 146 valence electrons. The Kier molecular flexibility index (Phi) is 7.12. The van der Waals surface area contributed by atoms with Gasteiger partial charge in [0.1, 0.15) is 5.75 Å². The van der Waals surface area contributed by atoms with Gasteiger partial charge in [-0.2, -0.15) is 5.26 Å². The zero-order chi connectivity index (χ0) is 20.6. The SMILES string of the molecule is CCNC(=O)Nc1cccc(NC(=O)CS(=O)(=O)Cc2ccc(C#N)cc2)c1. The van der Waals surface area contributed by atoms with Crippen LogP contribution >= 0.6 is 0 Å². The van der Waals surface area contributed by atoms with Crippen molar-refractivity contribution >= 4 is 33.2 Å². The molecule has 0 aromatic heterocycles. The van der Waals surface area contributed by atoms with E-state index >= 15 is 0 Å². The minimum atomic E-state index is -3.68. The van der Waals surface area contributed by atoms with E-state index in [1.807, 2.05) is 6.07 Å². The van der Waals surface area contributed by atoms with Crippen molar-refractivity contribution in [3.8, 4) is 6.07 Å². The average Bonchev–Trinajstić information content (AvgIpc) is 2.61. The standard InChI is InChI=1S/C19H20N4O4S/c1-2-21-19(25)23-17-5-3-4-16(10-17)22-18(24)13-28(26,27)12-15-8-6-14(11-20)7-9-15/h3-10H,2,12-13H2,1H3,(H,22,24)(H2,21,23,25). The van der Waals surface area contributed by atoms with Gasteiger partial charge in [-0.15, -0.1) is 0 Å². The number of nitrogens with zero attached hydrogens (tertiary/aromatic N) is 1. The molecule has 0 radical (unpaired) electrons. The second-order valence-electron chi connectivity index (χ2n) is 5.95. The number of benzene rings is 2. The molecule has 0 aliphatic heterocycles. The van der Waals surface area contributed by atoms with Crippen molar-refractivity contribution in [3.05, 3.63) is 59.7 Å². The Morgan fingerprint density at radius 2 is 1.68 bits per heavy atom. The van der Waals surface area contributed by atoms with Crippen LogP contribution in [0.4, 0.5) is 16.2 Å². The van der Waals surface area contributed by atoms with Gasteiger partial charge in [0.05, 0.1) is 17.4 Å². The molecule has 0 atom stereocenters. The first-order valence-electron chi connectivity index (χ1n) is 8.45. The van der Waals surface area contributed by atoms with Gasteiger partial charge in [0.15, 0.2) is 9.84 Å². The highest BCUT2D eigenvalue weighted by Gasteiger charge is 2.18. The van der Waals surface area contributed by atoms with Gasteiger partial charge in [0.2, 0.25) is 5.91 Å². The second-order valence-corrected chi connectivity index (χ2v) is 8.02. The third-order valence-electron chi connectivity index (χ3n) is 3.56. The first-order chi connectivity index (χ1) is 13.3. The zero-order valence-corrected chi connectivity index (χ0v) is 16.0. The van der Waals surface area contributed by atoms with Crippen molar-refractivity contribution in [2.75, 3.05) is 22.9 Å². The molecule has 0 spiro atoms. The Labute approximate surface area is 163 Å². The molecule has 0 unspecified atom stereocenters. The summed E-state index contributed by atoms with van der Waals surface area (Å²) in [5, 5.41) is 16.5. The van der Waals surface area contributed by atoms with Gasteiger partial charge in [-0.25, -0.2) is 13.2 Å². The summed E-state index contributed by atoms with van der Waals surface area (Å²) in [7, 11) is -3.68. The Morgan fingerprint density at radius 3 is 2.29 bits per heavy atom. The number of sulfone groups is 1. The molecule has 3 N–H and O–H groups in total. The van der Waals surface area contributed by atoms with Crippen LogP contribution in [0, 0.1) is 11.3 Å². The van der Waals surface area contributed by atoms with E-state index < -0.39 is 21.5 Å². The van der Waals surface area contributed by atoms with Crippen LogP contribution in [0.3, 0.4) is 0 Å². The summed E-state index contributed by atoms with van der Waals surface area (Å²) >= 11 is 0. The maximum Gasteiger partial charge on any atom is 0.319 e. The molecular formula is C19H20N4O4S. The number of hydrogen-bond donors (Lipinski definition) is 3. The molecule has 0 fully saturated rings. The highest BCUT2D eigenvalue weighted by atomic mass is 32.2. The zero-order valence-electron chi connectivity index (χ0n) is 15.2. The van der Waals surface area contributed by atoms with Crippen LogP contribution < -0.4 is 16.0 Å². The van der Waals surface area contributed by atoms with Crippen molar-refractivity contribution in [3.63, 3.8) is 0 Å². The van der Waals surface area contributed by atoms with Gasteiger partial charge >= 0.3 is 6.03 Å². The summed E-state index contributed by atoms with van der Waals surface area (Å²) in [5.74, 6) is -1.66. The Balaban J connectivity index is 1.96. The molecular weight excluding hydrogens is 380 g/mol. The van der Waals surface area contributed by atoms with Gasteiger partial charge in [0, 0.05) is 17.9 Å². The summed E-state index contributed by atoms with van der Waals surface area (Å²) in [6.45, 7) is 2.26. The van der Waals surface area contributed by atoms with Crippen LogP contribution in [0.25, 0.3) is 0 Å². The van der Waals surface area contributed by atoms with E-state index in [1.165, 1.54) is 18.2 Å². The maximum atomic E-state index is 12.2. The van der Waals surface area contributed by atoms with Crippen molar-refractivity contribution < 1.29 is 18.0 Å². The largest absolute Gasteiger partial charge is 0.338 e. The van der Waals surface area contributed by atoms with Crippen molar-refractivity contribution in [2.24, 2.45) is 0 Å². The smallest absolute Gasteiger partial charge is 0.319 e. The van der Waals surface area contributed by atoms with E-state index in [0.29, 0.717) is 29.0 Å². The lowest BCUT2D eigenvalue weighted by atomic mass is 10.2. The number of nitrogens with one attached hydrogen (secondary N) is 3. The van der Waals surface area contributed by atoms with Gasteiger partial charge in [-0.3, -0.25) is 4.79 Å². The molecule has 28 heavy (non-hydrogen) atoms. The second kappa shape index (κ2) is 9.53. The number of anilines is 2. The molecule has 0 saturated heterocycles. The average molecular weight is 400 g/mol. The topological polar surface area (TPSA) is 128 Å². The number of carbonyl (C=O) groups is 2. The van der Waals surface area contributed by atoms with Crippen LogP contribution in [0.2, 0.25) is 0 Å². The predicted molar refractivity (Wildman–Crippen MR) is 106 cm³/mol. The van der Waals surface area contributed by atoms with E-state index in [0.717, 1.165) is 0 Å². The Bertz CT molecular complexity index is 995. The molecule has 9 heteroatoms. The highest BCUT2D eigenvalue weighted by molar-refractivity contribution is 7.91. The van der Waals surface area contributed by atoms with Crippen molar-refractivity contribution in [1.82, 2.24) is 5.32 Å². The summed E-state index contributed by atoms with van der Waals surface area (Å²) in [4.78, 5) is 23.7. The predicted octanol–water partition coefficient (Wildman–Crippen LogP) is 2.25. The molecule has 8 nitrogen and oxygen atoms in total. The van der Waals surface area contributed by atoms with E-state index in [1.54, 1.807) is 37.3 Å². The first-order valence-corrected chi connectivity index (χ1v) is 10.3. The minimum absolute atomic E-state index is 0.301. The summed E-state index contributed by atoms with van der Waals surface area (Å²) in [6, 6.07) is 14.1. The summed E-state index contributed by atoms with van der Waals surface area (Å²) < 4.78 is 24.5. The molecule has 0 aliphatic rings. The summed E-state index contributed by atoms with van der Waals surface area (Å²) in [6.07, 6.45) is 0. The minimum Gasteiger partial charge on any atom is -0.338 e. The van der Waals surface area contributed by atoms with Crippen LogP contribution in [0.1, 0.15) is 18.1 Å².